The summed E-state index contributed by atoms with van der Waals surface area (Å²) in [6, 6.07) is 19.1. The first kappa shape index (κ1) is 17.9. The summed E-state index contributed by atoms with van der Waals surface area (Å²) < 4.78 is 0. The molecule has 0 fully saturated rings. The van der Waals surface area contributed by atoms with Gasteiger partial charge in [0.15, 0.2) is 0 Å². The molecule has 2 aromatic rings. The van der Waals surface area contributed by atoms with E-state index in [2.05, 4.69) is 12.2 Å². The highest BCUT2D eigenvalue weighted by atomic mass is 16.2. The Labute approximate surface area is 144 Å². The number of carbonyl (C=O) groups excluding carboxylic acids is 2. The summed E-state index contributed by atoms with van der Waals surface area (Å²) in [6.07, 6.45) is 5.08. The quantitative estimate of drug-likeness (QED) is 0.763. The van der Waals surface area contributed by atoms with Gasteiger partial charge in [-0.15, -0.1) is 0 Å². The molecule has 0 aliphatic rings. The summed E-state index contributed by atoms with van der Waals surface area (Å²) in [6.45, 7) is 2.06. The summed E-state index contributed by atoms with van der Waals surface area (Å²) in [4.78, 5) is 23.9. The standard InChI is InChI=1S/C21H24NO2/c1-2-3-14-19(16-23)22-21(24)20(18-12-8-5-9-13-18)15-17-10-6-4-7-11-17/h4-13,19-20H,2-3,14-15H2,1H3,(H,22,24). The molecule has 0 spiro atoms. The number of benzene rings is 2. The molecule has 3 heteroatoms. The van der Waals surface area contributed by atoms with Gasteiger partial charge >= 0.3 is 0 Å². The molecule has 0 saturated heterocycles. The Balaban J connectivity index is 2.15. The van der Waals surface area contributed by atoms with Crippen molar-refractivity contribution in [3.8, 4) is 0 Å². The molecule has 0 aromatic heterocycles. The highest BCUT2D eigenvalue weighted by Crippen LogP contribution is 2.21. The molecule has 1 N–H and O–H groups in total. The maximum Gasteiger partial charge on any atom is 0.228 e. The van der Waals surface area contributed by atoms with Gasteiger partial charge in [0.1, 0.15) is 0 Å². The van der Waals surface area contributed by atoms with Gasteiger partial charge in [0, 0.05) is 0 Å². The second-order valence-electron chi connectivity index (χ2n) is 5.97. The van der Waals surface area contributed by atoms with Crippen LogP contribution >= 0.6 is 0 Å². The molecule has 0 aliphatic carbocycles. The van der Waals surface area contributed by atoms with Crippen LogP contribution in [0.15, 0.2) is 60.7 Å². The van der Waals surface area contributed by atoms with Gasteiger partial charge < -0.3 is 5.32 Å². The fourth-order valence-corrected chi connectivity index (χ4v) is 2.74. The average Bonchev–Trinajstić information content (AvgIpc) is 2.64. The Hall–Kier alpha value is -2.42. The van der Waals surface area contributed by atoms with E-state index >= 15 is 0 Å². The van der Waals surface area contributed by atoms with E-state index in [-0.39, 0.29) is 11.8 Å². The van der Waals surface area contributed by atoms with Crippen LogP contribution < -0.4 is 5.32 Å². The second-order valence-corrected chi connectivity index (χ2v) is 5.97. The van der Waals surface area contributed by atoms with Crippen molar-refractivity contribution in [1.82, 2.24) is 5.32 Å². The van der Waals surface area contributed by atoms with Crippen LogP contribution in [0.5, 0.6) is 0 Å². The van der Waals surface area contributed by atoms with Gasteiger partial charge in [-0.25, -0.2) is 0 Å². The molecule has 2 unspecified atom stereocenters. The van der Waals surface area contributed by atoms with Gasteiger partial charge in [0.05, 0.1) is 12.0 Å². The van der Waals surface area contributed by atoms with Crippen LogP contribution in [0.3, 0.4) is 0 Å². The predicted octanol–water partition coefficient (Wildman–Crippen LogP) is 3.80. The van der Waals surface area contributed by atoms with Crippen LogP contribution in [0, 0.1) is 0 Å². The average molecular weight is 322 g/mol. The largest absolute Gasteiger partial charge is 0.345 e. The molecule has 2 aromatic carbocycles. The molecule has 1 amide bonds. The van der Waals surface area contributed by atoms with Gasteiger partial charge in [-0.1, -0.05) is 80.4 Å². The summed E-state index contributed by atoms with van der Waals surface area (Å²) >= 11 is 0. The normalized spacial score (nSPS) is 13.0. The molecule has 2 atom stereocenters. The molecule has 0 saturated carbocycles. The van der Waals surface area contributed by atoms with Crippen LogP contribution in [0.4, 0.5) is 0 Å². The van der Waals surface area contributed by atoms with E-state index in [1.807, 2.05) is 66.9 Å². The van der Waals surface area contributed by atoms with Gasteiger partial charge in [-0.2, -0.15) is 0 Å². The third-order valence-electron chi connectivity index (χ3n) is 4.11. The summed E-state index contributed by atoms with van der Waals surface area (Å²) in [5.74, 6) is -0.430. The van der Waals surface area contributed by atoms with Gasteiger partial charge in [0.2, 0.25) is 12.2 Å². The Morgan fingerprint density at radius 2 is 1.67 bits per heavy atom. The highest BCUT2D eigenvalue weighted by Gasteiger charge is 2.23. The van der Waals surface area contributed by atoms with Crippen LogP contribution in [-0.4, -0.2) is 18.2 Å². The van der Waals surface area contributed by atoms with Crippen LogP contribution in [-0.2, 0) is 16.0 Å². The molecule has 0 heterocycles. The van der Waals surface area contributed by atoms with Crippen molar-refractivity contribution >= 4 is 12.2 Å². The van der Waals surface area contributed by atoms with Crippen LogP contribution in [0.1, 0.15) is 43.2 Å². The second kappa shape index (κ2) is 9.66. The van der Waals surface area contributed by atoms with Gasteiger partial charge in [0.25, 0.3) is 0 Å². The van der Waals surface area contributed by atoms with Crippen molar-refractivity contribution in [1.29, 1.82) is 0 Å². The highest BCUT2D eigenvalue weighted by molar-refractivity contribution is 5.86. The predicted molar refractivity (Wildman–Crippen MR) is 96.5 cm³/mol. The number of nitrogens with one attached hydrogen (secondary N) is 1. The monoisotopic (exact) mass is 322 g/mol. The summed E-state index contributed by atoms with van der Waals surface area (Å²) in [5, 5.41) is 2.86. The van der Waals surface area contributed by atoms with E-state index in [4.69, 9.17) is 0 Å². The third-order valence-corrected chi connectivity index (χ3v) is 4.11. The van der Waals surface area contributed by atoms with Gasteiger partial charge in [-0.05, 0) is 24.0 Å². The zero-order chi connectivity index (χ0) is 17.2. The van der Waals surface area contributed by atoms with Gasteiger partial charge in [-0.3, -0.25) is 9.59 Å². The molecule has 1 radical (unpaired) electrons. The molecule has 0 bridgehead atoms. The van der Waals surface area contributed by atoms with Crippen molar-refractivity contribution in [2.45, 2.75) is 44.6 Å². The minimum absolute atomic E-state index is 0.116. The number of hydrogen-bond donors (Lipinski definition) is 1. The number of amides is 1. The Morgan fingerprint density at radius 3 is 2.25 bits per heavy atom. The number of unbranched alkanes of at least 4 members (excludes halogenated alkanes) is 1. The number of rotatable bonds is 9. The van der Waals surface area contributed by atoms with E-state index in [0.717, 1.165) is 24.0 Å². The van der Waals surface area contributed by atoms with E-state index < -0.39 is 6.04 Å². The maximum atomic E-state index is 12.8. The molecule has 3 nitrogen and oxygen atoms in total. The molecule has 125 valence electrons. The van der Waals surface area contributed by atoms with Crippen molar-refractivity contribution in [2.24, 2.45) is 0 Å². The van der Waals surface area contributed by atoms with Crippen molar-refractivity contribution < 1.29 is 9.59 Å². The molecule has 2 rings (SSSR count). The minimum atomic E-state index is -0.528. The zero-order valence-electron chi connectivity index (χ0n) is 14.1. The van der Waals surface area contributed by atoms with Crippen LogP contribution in [0.25, 0.3) is 0 Å². The first-order chi connectivity index (χ1) is 11.7. The first-order valence-electron chi connectivity index (χ1n) is 8.51. The molecular formula is C21H24NO2. The van der Waals surface area contributed by atoms with Crippen molar-refractivity contribution in [2.75, 3.05) is 0 Å². The van der Waals surface area contributed by atoms with Crippen LogP contribution in [0.2, 0.25) is 0 Å². The Morgan fingerprint density at radius 1 is 1.04 bits per heavy atom. The third kappa shape index (κ3) is 5.34. The lowest BCUT2D eigenvalue weighted by Crippen LogP contribution is -2.39. The fourth-order valence-electron chi connectivity index (χ4n) is 2.74. The molecule has 24 heavy (non-hydrogen) atoms. The van der Waals surface area contributed by atoms with Crippen molar-refractivity contribution in [3.63, 3.8) is 0 Å². The topological polar surface area (TPSA) is 46.2 Å². The first-order valence-corrected chi connectivity index (χ1v) is 8.51. The summed E-state index contributed by atoms with van der Waals surface area (Å²) in [5.41, 5.74) is 2.06. The zero-order valence-corrected chi connectivity index (χ0v) is 14.1. The van der Waals surface area contributed by atoms with E-state index in [9.17, 15) is 9.59 Å². The lowest BCUT2D eigenvalue weighted by atomic mass is 9.91. The Bertz CT molecular complexity index is 625. The molecular weight excluding hydrogens is 298 g/mol. The lowest BCUT2D eigenvalue weighted by molar-refractivity contribution is -0.122. The van der Waals surface area contributed by atoms with E-state index in [0.29, 0.717) is 12.8 Å². The summed E-state index contributed by atoms with van der Waals surface area (Å²) in [7, 11) is 0. The minimum Gasteiger partial charge on any atom is -0.345 e. The number of hydrogen-bond acceptors (Lipinski definition) is 2. The van der Waals surface area contributed by atoms with E-state index in [1.165, 1.54) is 0 Å². The SMILES string of the molecule is CCCCC([C]=O)NC(=O)C(Cc1ccccc1)c1ccccc1. The fraction of sp³-hybridized carbons (Fsp3) is 0.333. The Kier molecular flexibility index (Phi) is 7.21. The van der Waals surface area contributed by atoms with E-state index in [1.54, 1.807) is 0 Å². The smallest absolute Gasteiger partial charge is 0.228 e. The van der Waals surface area contributed by atoms with Crippen molar-refractivity contribution in [3.05, 3.63) is 71.8 Å². The number of carbonyl (C=O) groups is 1. The lowest BCUT2D eigenvalue weighted by Gasteiger charge is -2.20. The molecule has 0 aliphatic heterocycles. The maximum absolute atomic E-state index is 12.8.